The zero-order valence-electron chi connectivity index (χ0n) is 16.6. The number of hydrogen-bond acceptors (Lipinski definition) is 6. The minimum atomic E-state index is -3.71. The molecule has 2 aromatic rings. The van der Waals surface area contributed by atoms with Crippen molar-refractivity contribution >= 4 is 50.6 Å². The molecule has 0 unspecified atom stereocenters. The minimum absolute atomic E-state index is 0.0651. The average Bonchev–Trinajstić information content (AvgIpc) is 2.85. The van der Waals surface area contributed by atoms with Crippen molar-refractivity contribution in [2.45, 2.75) is 30.1 Å². The molecule has 1 heterocycles. The maximum atomic E-state index is 12.7. The van der Waals surface area contributed by atoms with Gasteiger partial charge < -0.3 is 10.6 Å². The summed E-state index contributed by atoms with van der Waals surface area (Å²) in [4.78, 5) is 36.4. The molecule has 0 spiro atoms. The lowest BCUT2D eigenvalue weighted by atomic mass is 10.1. The smallest absolute Gasteiger partial charge is 0.228 e. The van der Waals surface area contributed by atoms with E-state index < -0.39 is 15.7 Å². The number of Topliss-reactive ketones (excluding diaryl/α,β-unsaturated/α-hetero) is 1. The Labute approximate surface area is 179 Å². The Morgan fingerprint density at radius 2 is 1.87 bits per heavy atom. The van der Waals surface area contributed by atoms with Crippen LogP contribution in [0.15, 0.2) is 52.3 Å². The normalized spacial score (nSPS) is 16.2. The fourth-order valence-electron chi connectivity index (χ4n) is 2.83. The fraction of sp³-hybridized carbons (Fsp3) is 0.286. The molecule has 0 aliphatic carbocycles. The predicted molar refractivity (Wildman–Crippen MR) is 117 cm³/mol. The largest absolute Gasteiger partial charge is 0.326 e. The molecule has 1 aliphatic rings. The second kappa shape index (κ2) is 9.01. The van der Waals surface area contributed by atoms with E-state index in [1.807, 2.05) is 6.92 Å². The average molecular weight is 447 g/mol. The number of fused-ring (bicyclic) bond motifs is 1. The van der Waals surface area contributed by atoms with Crippen molar-refractivity contribution in [2.75, 3.05) is 22.1 Å². The zero-order chi connectivity index (χ0) is 21.9. The molecule has 1 aliphatic heterocycles. The molecule has 2 aromatic carbocycles. The van der Waals surface area contributed by atoms with E-state index in [1.165, 1.54) is 30.8 Å². The maximum absolute atomic E-state index is 12.7. The Balaban J connectivity index is 1.65. The standard InChI is InChI=1S/C21H22N2O5S2/c1-13-12-29-19-8-7-17(11-18(19)23-21(13)26)30(27,28)10-9-20(25)22-16-5-3-15(4-6-16)14(2)24/h3-8,11,13H,9-10,12H2,1-2H3,(H,22,25)(H,23,26)/t13-/m1/s1. The monoisotopic (exact) mass is 446 g/mol. The van der Waals surface area contributed by atoms with Crippen LogP contribution in [0.2, 0.25) is 0 Å². The maximum Gasteiger partial charge on any atom is 0.228 e. The molecule has 9 heteroatoms. The summed E-state index contributed by atoms with van der Waals surface area (Å²) >= 11 is 1.50. The van der Waals surface area contributed by atoms with E-state index in [4.69, 9.17) is 0 Å². The van der Waals surface area contributed by atoms with Gasteiger partial charge in [-0.05, 0) is 49.4 Å². The fourth-order valence-corrected chi connectivity index (χ4v) is 5.10. The Kier molecular flexibility index (Phi) is 6.62. The van der Waals surface area contributed by atoms with Crippen LogP contribution in [0.5, 0.6) is 0 Å². The van der Waals surface area contributed by atoms with Gasteiger partial charge in [0.2, 0.25) is 11.8 Å². The first kappa shape index (κ1) is 22.0. The van der Waals surface area contributed by atoms with Crippen LogP contribution in [-0.2, 0) is 19.4 Å². The lowest BCUT2D eigenvalue weighted by Gasteiger charge is -2.10. The van der Waals surface area contributed by atoms with Gasteiger partial charge in [0.25, 0.3) is 0 Å². The van der Waals surface area contributed by atoms with Crippen molar-refractivity contribution < 1.29 is 22.8 Å². The highest BCUT2D eigenvalue weighted by atomic mass is 32.2. The van der Waals surface area contributed by atoms with Crippen molar-refractivity contribution in [2.24, 2.45) is 5.92 Å². The SMILES string of the molecule is CC(=O)c1ccc(NC(=O)CCS(=O)(=O)c2ccc3c(c2)NC(=O)[C@H](C)CS3)cc1. The number of sulfone groups is 1. The van der Waals surface area contributed by atoms with Gasteiger partial charge in [-0.25, -0.2) is 8.42 Å². The third-order valence-corrected chi connectivity index (χ3v) is 7.72. The lowest BCUT2D eigenvalue weighted by Crippen LogP contribution is -2.20. The minimum Gasteiger partial charge on any atom is -0.326 e. The van der Waals surface area contributed by atoms with Crippen molar-refractivity contribution in [3.8, 4) is 0 Å². The number of thioether (sulfide) groups is 1. The predicted octanol–water partition coefficient (Wildman–Crippen LogP) is 3.37. The van der Waals surface area contributed by atoms with Crippen molar-refractivity contribution in [1.82, 2.24) is 0 Å². The van der Waals surface area contributed by atoms with Gasteiger partial charge in [0.1, 0.15) is 0 Å². The van der Waals surface area contributed by atoms with Crippen molar-refractivity contribution in [3.05, 3.63) is 48.0 Å². The van der Waals surface area contributed by atoms with E-state index in [0.29, 0.717) is 22.7 Å². The van der Waals surface area contributed by atoms with Gasteiger partial charge in [-0.3, -0.25) is 14.4 Å². The number of ketones is 1. The van der Waals surface area contributed by atoms with E-state index in [-0.39, 0.29) is 34.7 Å². The first-order valence-corrected chi connectivity index (χ1v) is 12.0. The number of anilines is 2. The van der Waals surface area contributed by atoms with Crippen LogP contribution in [0.1, 0.15) is 30.6 Å². The van der Waals surface area contributed by atoms with Gasteiger partial charge in [-0.2, -0.15) is 0 Å². The molecule has 3 rings (SSSR count). The Hall–Kier alpha value is -2.65. The lowest BCUT2D eigenvalue weighted by molar-refractivity contribution is -0.118. The molecule has 158 valence electrons. The summed E-state index contributed by atoms with van der Waals surface area (Å²) in [6.07, 6.45) is -0.216. The van der Waals surface area contributed by atoms with Gasteiger partial charge in [0.05, 0.1) is 16.3 Å². The quantitative estimate of drug-likeness (QED) is 0.659. The van der Waals surface area contributed by atoms with Crippen molar-refractivity contribution in [1.29, 1.82) is 0 Å². The molecule has 7 nitrogen and oxygen atoms in total. The van der Waals surface area contributed by atoms with Crippen LogP contribution in [-0.4, -0.2) is 37.5 Å². The number of hydrogen-bond donors (Lipinski definition) is 2. The summed E-state index contributed by atoms with van der Waals surface area (Å²) in [5.74, 6) is -0.578. The van der Waals surface area contributed by atoms with Crippen LogP contribution in [0.4, 0.5) is 11.4 Å². The highest BCUT2D eigenvalue weighted by Crippen LogP contribution is 2.34. The van der Waals surface area contributed by atoms with E-state index in [0.717, 1.165) is 4.90 Å². The highest BCUT2D eigenvalue weighted by molar-refractivity contribution is 7.99. The number of carbonyl (C=O) groups is 3. The Morgan fingerprint density at radius 3 is 2.53 bits per heavy atom. The van der Waals surface area contributed by atoms with E-state index >= 15 is 0 Å². The number of amides is 2. The molecule has 30 heavy (non-hydrogen) atoms. The Bertz CT molecular complexity index is 1090. The summed E-state index contributed by atoms with van der Waals surface area (Å²) in [6.45, 7) is 3.27. The number of nitrogens with one attached hydrogen (secondary N) is 2. The van der Waals surface area contributed by atoms with E-state index in [2.05, 4.69) is 10.6 Å². The molecule has 0 saturated heterocycles. The van der Waals surface area contributed by atoms with Gasteiger partial charge in [0, 0.05) is 34.2 Å². The van der Waals surface area contributed by atoms with Crippen molar-refractivity contribution in [3.63, 3.8) is 0 Å². The first-order valence-electron chi connectivity index (χ1n) is 9.37. The molecule has 0 radical (unpaired) electrons. The molecule has 1 atom stereocenters. The van der Waals surface area contributed by atoms with Crippen LogP contribution in [0, 0.1) is 5.92 Å². The molecular weight excluding hydrogens is 424 g/mol. The second-order valence-electron chi connectivity index (χ2n) is 7.11. The molecular formula is C21H22N2O5S2. The summed E-state index contributed by atoms with van der Waals surface area (Å²) in [7, 11) is -3.71. The number of carbonyl (C=O) groups excluding carboxylic acids is 3. The second-order valence-corrected chi connectivity index (χ2v) is 10.3. The molecule has 2 amide bonds. The number of rotatable bonds is 6. The van der Waals surface area contributed by atoms with Gasteiger partial charge in [-0.15, -0.1) is 11.8 Å². The van der Waals surface area contributed by atoms with Gasteiger partial charge >= 0.3 is 0 Å². The van der Waals surface area contributed by atoms with Crippen LogP contribution in [0.25, 0.3) is 0 Å². The molecule has 0 aromatic heterocycles. The molecule has 0 bridgehead atoms. The Morgan fingerprint density at radius 1 is 1.17 bits per heavy atom. The van der Waals surface area contributed by atoms with E-state index in [9.17, 15) is 22.8 Å². The zero-order valence-corrected chi connectivity index (χ0v) is 18.2. The van der Waals surface area contributed by atoms with Gasteiger partial charge in [0.15, 0.2) is 15.6 Å². The molecule has 0 saturated carbocycles. The van der Waals surface area contributed by atoms with Gasteiger partial charge in [-0.1, -0.05) is 6.92 Å². The summed E-state index contributed by atoms with van der Waals surface area (Å²) in [5.41, 5.74) is 1.49. The van der Waals surface area contributed by atoms with Crippen LogP contribution < -0.4 is 10.6 Å². The van der Waals surface area contributed by atoms with Crippen LogP contribution in [0.3, 0.4) is 0 Å². The van der Waals surface area contributed by atoms with Crippen LogP contribution >= 0.6 is 11.8 Å². The summed E-state index contributed by atoms with van der Waals surface area (Å²) in [6, 6.07) is 11.0. The summed E-state index contributed by atoms with van der Waals surface area (Å²) < 4.78 is 25.4. The third-order valence-electron chi connectivity index (χ3n) is 4.68. The molecule has 2 N–H and O–H groups in total. The third kappa shape index (κ3) is 5.28. The summed E-state index contributed by atoms with van der Waals surface area (Å²) in [5, 5.41) is 5.39. The first-order chi connectivity index (χ1) is 14.2. The van der Waals surface area contributed by atoms with E-state index in [1.54, 1.807) is 30.3 Å². The topological polar surface area (TPSA) is 109 Å². The molecule has 0 fully saturated rings. The highest BCUT2D eigenvalue weighted by Gasteiger charge is 2.23. The number of benzene rings is 2.